The van der Waals surface area contributed by atoms with Crippen LogP contribution in [-0.4, -0.2) is 4.98 Å². The number of fused-ring (bicyclic) bond motifs is 1. The highest BCUT2D eigenvalue weighted by Crippen LogP contribution is 2.27. The van der Waals surface area contributed by atoms with E-state index in [1.54, 1.807) is 12.3 Å². The third kappa shape index (κ3) is 2.38. The van der Waals surface area contributed by atoms with Gasteiger partial charge in [0.1, 0.15) is 11.6 Å². The van der Waals surface area contributed by atoms with Crippen molar-refractivity contribution in [2.24, 2.45) is 0 Å². The number of hydrogen-bond donors (Lipinski definition) is 2. The van der Waals surface area contributed by atoms with Gasteiger partial charge in [-0.3, -0.25) is 0 Å². The molecule has 3 rings (SSSR count). The molecule has 1 aromatic heterocycles. The topological polar surface area (TPSA) is 50.9 Å². The number of nitrogen functional groups attached to an aromatic ring is 1. The van der Waals surface area contributed by atoms with E-state index in [4.69, 9.17) is 17.3 Å². The van der Waals surface area contributed by atoms with Gasteiger partial charge < -0.3 is 11.1 Å². The van der Waals surface area contributed by atoms with Gasteiger partial charge in [0.15, 0.2) is 0 Å². The highest BCUT2D eigenvalue weighted by atomic mass is 35.5. The van der Waals surface area contributed by atoms with E-state index in [0.717, 1.165) is 10.8 Å². The number of nitrogens with two attached hydrogens (primary N) is 1. The molecule has 0 spiro atoms. The minimum atomic E-state index is -0.452. The van der Waals surface area contributed by atoms with Gasteiger partial charge in [0.05, 0.1) is 5.02 Å². The predicted octanol–water partition coefficient (Wildman–Crippen LogP) is 4.35. The van der Waals surface area contributed by atoms with Crippen molar-refractivity contribution >= 4 is 39.6 Å². The van der Waals surface area contributed by atoms with E-state index in [2.05, 4.69) is 10.3 Å². The number of nitrogens with one attached hydrogen (secondary N) is 1. The van der Waals surface area contributed by atoms with Crippen molar-refractivity contribution in [3.8, 4) is 0 Å². The Hall–Kier alpha value is -2.33. The van der Waals surface area contributed by atoms with Gasteiger partial charge in [-0.1, -0.05) is 17.7 Å². The molecule has 0 saturated carbocycles. The van der Waals surface area contributed by atoms with Crippen LogP contribution in [0.4, 0.5) is 21.6 Å². The Labute approximate surface area is 120 Å². The second kappa shape index (κ2) is 4.98. The number of aromatic nitrogens is 1. The van der Waals surface area contributed by atoms with E-state index in [9.17, 15) is 4.39 Å². The van der Waals surface area contributed by atoms with Crippen LogP contribution >= 0.6 is 11.6 Å². The van der Waals surface area contributed by atoms with Crippen LogP contribution in [0.2, 0.25) is 5.02 Å². The number of hydrogen-bond acceptors (Lipinski definition) is 3. The molecule has 0 aliphatic carbocycles. The summed E-state index contributed by atoms with van der Waals surface area (Å²) in [5.74, 6) is 0.199. The number of rotatable bonds is 2. The molecule has 5 heteroatoms. The normalized spacial score (nSPS) is 10.7. The smallest absolute Gasteiger partial charge is 0.141 e. The van der Waals surface area contributed by atoms with E-state index in [1.807, 2.05) is 24.3 Å². The zero-order valence-corrected chi connectivity index (χ0v) is 11.2. The van der Waals surface area contributed by atoms with Crippen LogP contribution in [0.15, 0.2) is 48.7 Å². The van der Waals surface area contributed by atoms with Gasteiger partial charge in [0.25, 0.3) is 0 Å². The summed E-state index contributed by atoms with van der Waals surface area (Å²) < 4.78 is 13.2. The van der Waals surface area contributed by atoms with Crippen LogP contribution in [0.3, 0.4) is 0 Å². The maximum absolute atomic E-state index is 13.2. The summed E-state index contributed by atoms with van der Waals surface area (Å²) in [5, 5.41) is 5.10. The predicted molar refractivity (Wildman–Crippen MR) is 80.8 cm³/mol. The van der Waals surface area contributed by atoms with Crippen molar-refractivity contribution in [3.05, 3.63) is 59.5 Å². The van der Waals surface area contributed by atoms with Gasteiger partial charge in [0, 0.05) is 23.0 Å². The highest BCUT2D eigenvalue weighted by molar-refractivity contribution is 6.31. The van der Waals surface area contributed by atoms with Gasteiger partial charge in [-0.25, -0.2) is 9.37 Å². The molecule has 0 amide bonds. The minimum Gasteiger partial charge on any atom is -0.399 e. The number of benzene rings is 2. The van der Waals surface area contributed by atoms with E-state index < -0.39 is 5.82 Å². The first-order chi connectivity index (χ1) is 9.63. The van der Waals surface area contributed by atoms with Gasteiger partial charge in [-0.2, -0.15) is 0 Å². The van der Waals surface area contributed by atoms with Crippen molar-refractivity contribution in [3.63, 3.8) is 0 Å². The molecule has 100 valence electrons. The van der Waals surface area contributed by atoms with Crippen molar-refractivity contribution in [1.29, 1.82) is 0 Å². The fourth-order valence-electron chi connectivity index (χ4n) is 2.00. The fourth-order valence-corrected chi connectivity index (χ4v) is 2.18. The van der Waals surface area contributed by atoms with Gasteiger partial charge in [0.2, 0.25) is 0 Å². The molecule has 0 aliphatic rings. The Morgan fingerprint density at radius 1 is 1.10 bits per heavy atom. The summed E-state index contributed by atoms with van der Waals surface area (Å²) in [6, 6.07) is 11.9. The number of pyridine rings is 1. The maximum Gasteiger partial charge on any atom is 0.141 e. The largest absolute Gasteiger partial charge is 0.399 e. The lowest BCUT2D eigenvalue weighted by Gasteiger charge is -2.09. The number of nitrogens with zero attached hydrogens (tertiary/aromatic N) is 1. The molecule has 0 aliphatic heterocycles. The molecule has 0 fully saturated rings. The molecule has 0 bridgehead atoms. The quantitative estimate of drug-likeness (QED) is 0.689. The molecule has 3 aromatic rings. The molecule has 3 nitrogen and oxygen atoms in total. The summed E-state index contributed by atoms with van der Waals surface area (Å²) in [7, 11) is 0. The first-order valence-electron chi connectivity index (χ1n) is 6.00. The molecular weight excluding hydrogens is 277 g/mol. The molecule has 0 radical (unpaired) electrons. The number of anilines is 3. The Morgan fingerprint density at radius 3 is 2.75 bits per heavy atom. The SMILES string of the molecule is Nc1ccc2ccnc(Nc3ccc(F)c(Cl)c3)c2c1. The summed E-state index contributed by atoms with van der Waals surface area (Å²) in [5.41, 5.74) is 7.13. The second-order valence-electron chi connectivity index (χ2n) is 4.39. The van der Waals surface area contributed by atoms with Crippen molar-refractivity contribution in [1.82, 2.24) is 4.98 Å². The third-order valence-electron chi connectivity index (χ3n) is 2.97. The molecule has 1 heterocycles. The Balaban J connectivity index is 2.05. The average Bonchev–Trinajstić information content (AvgIpc) is 2.44. The third-order valence-corrected chi connectivity index (χ3v) is 3.26. The Bertz CT molecular complexity index is 789. The summed E-state index contributed by atoms with van der Waals surface area (Å²) in [6.45, 7) is 0. The first-order valence-corrected chi connectivity index (χ1v) is 6.37. The summed E-state index contributed by atoms with van der Waals surface area (Å²) >= 11 is 5.77. The maximum atomic E-state index is 13.2. The van der Waals surface area contributed by atoms with Crippen molar-refractivity contribution in [2.45, 2.75) is 0 Å². The van der Waals surface area contributed by atoms with Gasteiger partial charge in [-0.15, -0.1) is 0 Å². The lowest BCUT2D eigenvalue weighted by molar-refractivity contribution is 0.628. The molecule has 0 saturated heterocycles. The van der Waals surface area contributed by atoms with E-state index >= 15 is 0 Å². The molecular formula is C15H11ClFN3. The Kier molecular flexibility index (Phi) is 3.16. The van der Waals surface area contributed by atoms with Crippen molar-refractivity contribution in [2.75, 3.05) is 11.1 Å². The zero-order valence-electron chi connectivity index (χ0n) is 10.4. The van der Waals surface area contributed by atoms with Gasteiger partial charge >= 0.3 is 0 Å². The summed E-state index contributed by atoms with van der Waals surface area (Å²) in [4.78, 5) is 4.29. The average molecular weight is 288 g/mol. The van der Waals surface area contributed by atoms with Crippen LogP contribution in [0, 0.1) is 5.82 Å². The van der Waals surface area contributed by atoms with Crippen LogP contribution in [-0.2, 0) is 0 Å². The van der Waals surface area contributed by atoms with Crippen LogP contribution in [0.25, 0.3) is 10.8 Å². The molecule has 20 heavy (non-hydrogen) atoms. The first kappa shape index (κ1) is 12.7. The molecule has 0 unspecified atom stereocenters. The lowest BCUT2D eigenvalue weighted by Crippen LogP contribution is -1.96. The highest BCUT2D eigenvalue weighted by Gasteiger charge is 2.05. The lowest BCUT2D eigenvalue weighted by atomic mass is 10.1. The monoisotopic (exact) mass is 287 g/mol. The fraction of sp³-hybridized carbons (Fsp3) is 0. The molecule has 3 N–H and O–H groups in total. The summed E-state index contributed by atoms with van der Waals surface area (Å²) in [6.07, 6.45) is 1.70. The standard InChI is InChI=1S/C15H11ClFN3/c16-13-8-11(3-4-14(13)17)20-15-12-7-10(18)2-1-9(12)5-6-19-15/h1-8H,18H2,(H,19,20). The van der Waals surface area contributed by atoms with Gasteiger partial charge in [-0.05, 0) is 41.8 Å². The zero-order chi connectivity index (χ0) is 14.1. The van der Waals surface area contributed by atoms with E-state index in [1.165, 1.54) is 12.1 Å². The van der Waals surface area contributed by atoms with E-state index in [0.29, 0.717) is 17.2 Å². The molecule has 2 aromatic carbocycles. The van der Waals surface area contributed by atoms with Crippen LogP contribution < -0.4 is 11.1 Å². The Morgan fingerprint density at radius 2 is 1.95 bits per heavy atom. The second-order valence-corrected chi connectivity index (χ2v) is 4.80. The minimum absolute atomic E-state index is 0.0646. The van der Waals surface area contributed by atoms with Crippen LogP contribution in [0.1, 0.15) is 0 Å². The van der Waals surface area contributed by atoms with Crippen LogP contribution in [0.5, 0.6) is 0 Å². The number of halogens is 2. The van der Waals surface area contributed by atoms with Crippen molar-refractivity contribution < 1.29 is 4.39 Å². The molecule has 0 atom stereocenters. The van der Waals surface area contributed by atoms with E-state index in [-0.39, 0.29) is 5.02 Å².